The molecule has 1 N–H and O–H groups in total. The first-order valence-electron chi connectivity index (χ1n) is 8.24. The highest BCUT2D eigenvalue weighted by Crippen LogP contribution is 2.34. The maximum Gasteiger partial charge on any atom is 0.257 e. The first-order chi connectivity index (χ1) is 12.9. The number of likely N-dealkylation sites (N-methyl/N-ethyl adjacent to an activating group) is 1. The minimum atomic E-state index is -1.10. The number of rotatable bonds is 2. The molecular formula is C18H16F2N4O3. The number of carbonyl (C=O) groups excluding carboxylic acids is 1. The minimum Gasteiger partial charge on any atom is -0.373 e. The Kier molecular flexibility index (Phi) is 4.03. The number of aromatic amines is 1. The number of pyridine rings is 1. The molecule has 3 heterocycles. The summed E-state index contributed by atoms with van der Waals surface area (Å²) in [5.41, 5.74) is 0.848. The van der Waals surface area contributed by atoms with Crippen LogP contribution in [0.4, 0.5) is 8.78 Å². The van der Waals surface area contributed by atoms with Crippen LogP contribution in [0.25, 0.3) is 10.8 Å². The van der Waals surface area contributed by atoms with E-state index in [2.05, 4.69) is 10.1 Å². The van der Waals surface area contributed by atoms with Gasteiger partial charge in [-0.3, -0.25) is 14.3 Å². The molecule has 1 aliphatic rings. The topological polar surface area (TPSA) is 80.2 Å². The molecular weight excluding hydrogens is 358 g/mol. The summed E-state index contributed by atoms with van der Waals surface area (Å²) in [5, 5.41) is 4.29. The van der Waals surface area contributed by atoms with E-state index in [9.17, 15) is 18.4 Å². The molecule has 7 nitrogen and oxygen atoms in total. The van der Waals surface area contributed by atoms with Gasteiger partial charge >= 0.3 is 0 Å². The monoisotopic (exact) mass is 374 g/mol. The predicted molar refractivity (Wildman–Crippen MR) is 92.2 cm³/mol. The van der Waals surface area contributed by atoms with E-state index in [1.165, 1.54) is 15.8 Å². The van der Waals surface area contributed by atoms with Crippen molar-refractivity contribution in [3.63, 3.8) is 0 Å². The van der Waals surface area contributed by atoms with E-state index in [4.69, 9.17) is 4.74 Å². The number of carbonyl (C=O) groups is 1. The van der Waals surface area contributed by atoms with Gasteiger partial charge in [-0.05, 0) is 17.5 Å². The molecule has 3 aromatic rings. The van der Waals surface area contributed by atoms with Crippen molar-refractivity contribution >= 4 is 16.7 Å². The average molecular weight is 374 g/mol. The molecule has 9 heteroatoms. The Bertz CT molecular complexity index is 1120. The van der Waals surface area contributed by atoms with E-state index in [1.807, 2.05) is 0 Å². The third-order valence-corrected chi connectivity index (χ3v) is 4.78. The highest BCUT2D eigenvalue weighted by molar-refractivity contribution is 5.94. The molecule has 0 radical (unpaired) electrons. The van der Waals surface area contributed by atoms with Crippen molar-refractivity contribution in [3.05, 3.63) is 63.3 Å². The maximum absolute atomic E-state index is 13.9. The van der Waals surface area contributed by atoms with Crippen molar-refractivity contribution in [2.24, 2.45) is 7.05 Å². The molecule has 2 aromatic heterocycles. The zero-order valence-corrected chi connectivity index (χ0v) is 14.6. The van der Waals surface area contributed by atoms with Crippen LogP contribution in [0.1, 0.15) is 27.7 Å². The Morgan fingerprint density at radius 3 is 2.70 bits per heavy atom. The molecule has 0 aliphatic carbocycles. The van der Waals surface area contributed by atoms with Crippen LogP contribution in [-0.4, -0.2) is 39.2 Å². The summed E-state index contributed by atoms with van der Waals surface area (Å²) in [6.07, 6.45) is 3.03. The van der Waals surface area contributed by atoms with Gasteiger partial charge in [-0.1, -0.05) is 0 Å². The number of benzene rings is 1. The molecule has 1 amide bonds. The van der Waals surface area contributed by atoms with Crippen LogP contribution >= 0.6 is 0 Å². The predicted octanol–water partition coefficient (Wildman–Crippen LogP) is 1.88. The summed E-state index contributed by atoms with van der Waals surface area (Å²) >= 11 is 0. The van der Waals surface area contributed by atoms with Gasteiger partial charge < -0.3 is 14.6 Å². The summed E-state index contributed by atoms with van der Waals surface area (Å²) in [5.74, 6) is -2.45. The van der Waals surface area contributed by atoms with Gasteiger partial charge in [0.05, 0.1) is 36.4 Å². The normalized spacial score (nSPS) is 16.4. The molecule has 0 fully saturated rings. The fourth-order valence-electron chi connectivity index (χ4n) is 3.42. The number of nitrogens with zero attached hydrogens (tertiary/aromatic N) is 3. The second kappa shape index (κ2) is 6.27. The van der Waals surface area contributed by atoms with Crippen LogP contribution < -0.4 is 5.56 Å². The van der Waals surface area contributed by atoms with Gasteiger partial charge in [0, 0.05) is 31.5 Å². The highest BCUT2D eigenvalue weighted by Gasteiger charge is 2.31. The number of hydrogen-bond acceptors (Lipinski definition) is 4. The Balaban J connectivity index is 1.87. The smallest absolute Gasteiger partial charge is 0.257 e. The van der Waals surface area contributed by atoms with Crippen LogP contribution in [0.2, 0.25) is 0 Å². The Morgan fingerprint density at radius 2 is 2.04 bits per heavy atom. The number of aryl methyl sites for hydroxylation is 1. The molecule has 0 saturated heterocycles. The SMILES string of the molecule is CN(C(=O)c1cnn(C)c1)[C@H]1COCc2[nH]c(=O)c3cc(F)c(F)cc3c21. The molecule has 0 spiro atoms. The van der Waals surface area contributed by atoms with Crippen molar-refractivity contribution in [2.45, 2.75) is 12.6 Å². The van der Waals surface area contributed by atoms with Crippen molar-refractivity contribution in [3.8, 4) is 0 Å². The number of amides is 1. The zero-order valence-electron chi connectivity index (χ0n) is 14.6. The van der Waals surface area contributed by atoms with E-state index in [1.54, 1.807) is 20.3 Å². The van der Waals surface area contributed by atoms with Crippen molar-refractivity contribution in [1.82, 2.24) is 19.7 Å². The molecule has 140 valence electrons. The third-order valence-electron chi connectivity index (χ3n) is 4.78. The lowest BCUT2D eigenvalue weighted by molar-refractivity contribution is 0.0335. The number of H-pyrrole nitrogens is 1. The molecule has 1 aliphatic heterocycles. The van der Waals surface area contributed by atoms with Crippen LogP contribution in [0, 0.1) is 11.6 Å². The van der Waals surface area contributed by atoms with Crippen LogP contribution in [-0.2, 0) is 18.4 Å². The Labute approximate surface area is 152 Å². The van der Waals surface area contributed by atoms with Gasteiger partial charge in [0.15, 0.2) is 11.6 Å². The molecule has 0 bridgehead atoms. The van der Waals surface area contributed by atoms with E-state index in [0.29, 0.717) is 16.8 Å². The number of hydrogen-bond donors (Lipinski definition) is 1. The quantitative estimate of drug-likeness (QED) is 0.743. The van der Waals surface area contributed by atoms with Crippen molar-refractivity contribution in [2.75, 3.05) is 13.7 Å². The second-order valence-corrected chi connectivity index (χ2v) is 6.51. The number of fused-ring (bicyclic) bond motifs is 3. The summed E-state index contributed by atoms with van der Waals surface area (Å²) in [6, 6.07) is 1.30. The molecule has 1 aromatic carbocycles. The zero-order chi connectivity index (χ0) is 19.3. The van der Waals surface area contributed by atoms with Gasteiger partial charge in [-0.2, -0.15) is 5.10 Å². The highest BCUT2D eigenvalue weighted by atomic mass is 19.2. The van der Waals surface area contributed by atoms with Gasteiger partial charge in [-0.15, -0.1) is 0 Å². The second-order valence-electron chi connectivity index (χ2n) is 6.51. The largest absolute Gasteiger partial charge is 0.373 e. The molecule has 4 rings (SSSR count). The number of nitrogens with one attached hydrogen (secondary N) is 1. The minimum absolute atomic E-state index is 0.0294. The first kappa shape index (κ1) is 17.3. The van der Waals surface area contributed by atoms with Crippen molar-refractivity contribution in [1.29, 1.82) is 0 Å². The molecule has 27 heavy (non-hydrogen) atoms. The summed E-state index contributed by atoms with van der Waals surface area (Å²) in [6.45, 7) is 0.278. The van der Waals surface area contributed by atoms with Crippen LogP contribution in [0.3, 0.4) is 0 Å². The standard InChI is InChI=1S/C18H16F2N4O3/c1-23-6-9(5-21-23)18(26)24(2)15-8-27-7-14-16(15)10-3-12(19)13(20)4-11(10)17(25)22-14/h3-6,15H,7-8H2,1-2H3,(H,22,25)/t15-/m0/s1. The summed E-state index contributed by atoms with van der Waals surface area (Å²) in [7, 11) is 3.29. The molecule has 0 saturated carbocycles. The average Bonchev–Trinajstić information content (AvgIpc) is 3.08. The van der Waals surface area contributed by atoms with E-state index >= 15 is 0 Å². The third kappa shape index (κ3) is 2.80. The fraction of sp³-hybridized carbons (Fsp3) is 0.278. The Hall–Kier alpha value is -3.07. The van der Waals surface area contributed by atoms with Gasteiger partial charge in [0.25, 0.3) is 11.5 Å². The lowest BCUT2D eigenvalue weighted by Gasteiger charge is -2.33. The molecule has 0 unspecified atom stereocenters. The number of halogens is 2. The number of aromatic nitrogens is 3. The summed E-state index contributed by atoms with van der Waals surface area (Å²) < 4.78 is 34.6. The maximum atomic E-state index is 13.9. The van der Waals surface area contributed by atoms with E-state index < -0.39 is 23.2 Å². The van der Waals surface area contributed by atoms with Gasteiger partial charge in [-0.25, -0.2) is 8.78 Å². The van der Waals surface area contributed by atoms with E-state index in [0.717, 1.165) is 12.1 Å². The lowest BCUT2D eigenvalue weighted by atomic mass is 9.95. The Morgan fingerprint density at radius 1 is 1.33 bits per heavy atom. The lowest BCUT2D eigenvalue weighted by Crippen LogP contribution is -2.37. The van der Waals surface area contributed by atoms with Crippen LogP contribution in [0.5, 0.6) is 0 Å². The van der Waals surface area contributed by atoms with Crippen molar-refractivity contribution < 1.29 is 18.3 Å². The molecule has 1 atom stereocenters. The summed E-state index contributed by atoms with van der Waals surface area (Å²) in [4.78, 5) is 29.2. The first-order valence-corrected chi connectivity index (χ1v) is 8.24. The van der Waals surface area contributed by atoms with E-state index in [-0.39, 0.29) is 29.9 Å². The van der Waals surface area contributed by atoms with Gasteiger partial charge in [0.1, 0.15) is 0 Å². The fourth-order valence-corrected chi connectivity index (χ4v) is 3.42. The van der Waals surface area contributed by atoms with Gasteiger partial charge in [0.2, 0.25) is 0 Å². The van der Waals surface area contributed by atoms with Crippen LogP contribution in [0.15, 0.2) is 29.3 Å². The number of ether oxygens (including phenoxy) is 1.